The molecule has 0 aliphatic heterocycles. The Labute approximate surface area is 93.1 Å². The van der Waals surface area contributed by atoms with Crippen LogP contribution in [0.2, 0.25) is 0 Å². The minimum Gasteiger partial charge on any atom is -0.391 e. The zero-order valence-corrected chi connectivity index (χ0v) is 9.14. The van der Waals surface area contributed by atoms with Crippen LogP contribution in [0.5, 0.6) is 0 Å². The van der Waals surface area contributed by atoms with Crippen molar-refractivity contribution in [1.82, 2.24) is 19.9 Å². The van der Waals surface area contributed by atoms with Crippen molar-refractivity contribution in [3.8, 4) is 0 Å². The highest BCUT2D eigenvalue weighted by atomic mass is 16.3. The van der Waals surface area contributed by atoms with Crippen LogP contribution in [-0.4, -0.2) is 37.7 Å². The molecule has 0 bridgehead atoms. The number of aliphatic hydroxyl groups excluding tert-OH is 1. The SMILES string of the molecule is CCCC(O)CNc1ncnc2nc[nH]c12. The molecule has 0 saturated heterocycles. The third kappa shape index (κ3) is 2.27. The summed E-state index contributed by atoms with van der Waals surface area (Å²) in [4.78, 5) is 15.1. The maximum absolute atomic E-state index is 9.60. The van der Waals surface area contributed by atoms with Crippen LogP contribution in [0.1, 0.15) is 19.8 Å². The fraction of sp³-hybridized carbons (Fsp3) is 0.500. The molecule has 0 amide bonds. The maximum Gasteiger partial charge on any atom is 0.182 e. The maximum atomic E-state index is 9.60. The van der Waals surface area contributed by atoms with E-state index in [2.05, 4.69) is 25.3 Å². The average Bonchev–Trinajstić information content (AvgIpc) is 2.75. The number of aliphatic hydroxyl groups is 1. The largest absolute Gasteiger partial charge is 0.391 e. The van der Waals surface area contributed by atoms with Crippen LogP contribution in [0.3, 0.4) is 0 Å². The van der Waals surface area contributed by atoms with Crippen molar-refractivity contribution in [1.29, 1.82) is 0 Å². The van der Waals surface area contributed by atoms with Crippen molar-refractivity contribution in [3.63, 3.8) is 0 Å². The highest BCUT2D eigenvalue weighted by Crippen LogP contribution is 2.14. The van der Waals surface area contributed by atoms with Gasteiger partial charge in [-0.3, -0.25) is 0 Å². The Kier molecular flexibility index (Phi) is 3.31. The Morgan fingerprint density at radius 1 is 1.44 bits per heavy atom. The molecule has 0 saturated carbocycles. The number of hydrogen-bond donors (Lipinski definition) is 3. The summed E-state index contributed by atoms with van der Waals surface area (Å²) in [5.74, 6) is 0.678. The first-order chi connectivity index (χ1) is 7.81. The van der Waals surface area contributed by atoms with E-state index in [9.17, 15) is 5.11 Å². The topological polar surface area (TPSA) is 86.7 Å². The van der Waals surface area contributed by atoms with Gasteiger partial charge >= 0.3 is 0 Å². The lowest BCUT2D eigenvalue weighted by molar-refractivity contribution is 0.176. The van der Waals surface area contributed by atoms with Gasteiger partial charge in [0.1, 0.15) is 11.8 Å². The number of imidazole rings is 1. The molecule has 2 aromatic rings. The van der Waals surface area contributed by atoms with Crippen LogP contribution >= 0.6 is 0 Å². The Balaban J connectivity index is 2.06. The van der Waals surface area contributed by atoms with Crippen molar-refractivity contribution in [2.24, 2.45) is 0 Å². The van der Waals surface area contributed by atoms with E-state index in [0.717, 1.165) is 18.4 Å². The number of hydrogen-bond acceptors (Lipinski definition) is 5. The van der Waals surface area contributed by atoms with Gasteiger partial charge in [0.05, 0.1) is 12.4 Å². The molecule has 0 radical (unpaired) electrons. The molecule has 0 aromatic carbocycles. The van der Waals surface area contributed by atoms with E-state index in [0.29, 0.717) is 18.0 Å². The molecule has 2 aromatic heterocycles. The number of nitrogens with one attached hydrogen (secondary N) is 2. The lowest BCUT2D eigenvalue weighted by atomic mass is 10.2. The molecule has 6 heteroatoms. The number of rotatable bonds is 5. The standard InChI is InChI=1S/C10H15N5O/c1-2-3-7(16)4-11-9-8-10(13-5-12-8)15-6-14-9/h5-7,16H,2-4H2,1H3,(H2,11,12,13,14,15). The Bertz CT molecular complexity index is 455. The van der Waals surface area contributed by atoms with E-state index in [1.54, 1.807) is 6.33 Å². The predicted octanol–water partition coefficient (Wildman–Crippen LogP) is 0.926. The number of aromatic amines is 1. The van der Waals surface area contributed by atoms with Crippen molar-refractivity contribution < 1.29 is 5.11 Å². The molecule has 16 heavy (non-hydrogen) atoms. The first kappa shape index (κ1) is 10.8. The highest BCUT2D eigenvalue weighted by molar-refractivity contribution is 5.81. The summed E-state index contributed by atoms with van der Waals surface area (Å²) in [5, 5.41) is 12.7. The van der Waals surface area contributed by atoms with E-state index in [4.69, 9.17) is 0 Å². The lowest BCUT2D eigenvalue weighted by Crippen LogP contribution is -2.19. The smallest absolute Gasteiger partial charge is 0.182 e. The monoisotopic (exact) mass is 221 g/mol. The van der Waals surface area contributed by atoms with Gasteiger partial charge in [0.25, 0.3) is 0 Å². The summed E-state index contributed by atoms with van der Waals surface area (Å²) in [7, 11) is 0. The highest BCUT2D eigenvalue weighted by Gasteiger charge is 2.07. The number of fused-ring (bicyclic) bond motifs is 1. The Morgan fingerprint density at radius 3 is 3.12 bits per heavy atom. The summed E-state index contributed by atoms with van der Waals surface area (Å²) < 4.78 is 0. The third-order valence-electron chi connectivity index (χ3n) is 2.35. The van der Waals surface area contributed by atoms with Gasteiger partial charge in [-0.05, 0) is 6.42 Å². The number of anilines is 1. The van der Waals surface area contributed by atoms with Crippen molar-refractivity contribution in [2.45, 2.75) is 25.9 Å². The quantitative estimate of drug-likeness (QED) is 0.699. The minimum atomic E-state index is -0.349. The van der Waals surface area contributed by atoms with Gasteiger partial charge in [-0.1, -0.05) is 13.3 Å². The van der Waals surface area contributed by atoms with Gasteiger partial charge in [0, 0.05) is 6.54 Å². The molecule has 1 unspecified atom stereocenters. The van der Waals surface area contributed by atoms with Gasteiger partial charge in [-0.15, -0.1) is 0 Å². The van der Waals surface area contributed by atoms with Gasteiger partial charge < -0.3 is 15.4 Å². The molecule has 2 rings (SSSR count). The third-order valence-corrected chi connectivity index (χ3v) is 2.35. The van der Waals surface area contributed by atoms with Crippen LogP contribution in [0, 0.1) is 0 Å². The summed E-state index contributed by atoms with van der Waals surface area (Å²) in [5.41, 5.74) is 1.40. The second-order valence-corrected chi connectivity index (χ2v) is 3.65. The zero-order chi connectivity index (χ0) is 11.4. The van der Waals surface area contributed by atoms with Gasteiger partial charge in [-0.25, -0.2) is 15.0 Å². The molecule has 1 atom stereocenters. The van der Waals surface area contributed by atoms with E-state index < -0.39 is 0 Å². The van der Waals surface area contributed by atoms with E-state index >= 15 is 0 Å². The minimum absolute atomic E-state index is 0.349. The van der Waals surface area contributed by atoms with Crippen LogP contribution in [0.15, 0.2) is 12.7 Å². The number of aromatic nitrogens is 4. The molecule has 86 valence electrons. The first-order valence-electron chi connectivity index (χ1n) is 5.37. The fourth-order valence-electron chi connectivity index (χ4n) is 1.55. The average molecular weight is 221 g/mol. The molecule has 0 spiro atoms. The van der Waals surface area contributed by atoms with Crippen LogP contribution in [0.25, 0.3) is 11.2 Å². The van der Waals surface area contributed by atoms with Crippen molar-refractivity contribution in [2.75, 3.05) is 11.9 Å². The van der Waals surface area contributed by atoms with E-state index in [-0.39, 0.29) is 6.10 Å². The molecular weight excluding hydrogens is 206 g/mol. The van der Waals surface area contributed by atoms with Gasteiger partial charge in [0.15, 0.2) is 11.5 Å². The molecule has 2 heterocycles. The zero-order valence-electron chi connectivity index (χ0n) is 9.14. The van der Waals surface area contributed by atoms with Crippen LogP contribution in [0.4, 0.5) is 5.82 Å². The Hall–Kier alpha value is -1.69. The first-order valence-corrected chi connectivity index (χ1v) is 5.37. The molecule has 0 fully saturated rings. The lowest BCUT2D eigenvalue weighted by Gasteiger charge is -2.10. The molecule has 0 aliphatic carbocycles. The van der Waals surface area contributed by atoms with Crippen molar-refractivity contribution in [3.05, 3.63) is 12.7 Å². The molecule has 0 aliphatic rings. The molecular formula is C10H15N5O. The van der Waals surface area contributed by atoms with Crippen LogP contribution in [-0.2, 0) is 0 Å². The second-order valence-electron chi connectivity index (χ2n) is 3.65. The number of nitrogens with zero attached hydrogens (tertiary/aromatic N) is 3. The summed E-state index contributed by atoms with van der Waals surface area (Å²) in [6.07, 6.45) is 4.43. The van der Waals surface area contributed by atoms with Crippen molar-refractivity contribution >= 4 is 17.0 Å². The summed E-state index contributed by atoms with van der Waals surface area (Å²) in [6, 6.07) is 0. The van der Waals surface area contributed by atoms with Gasteiger partial charge in [-0.2, -0.15) is 0 Å². The van der Waals surface area contributed by atoms with E-state index in [1.165, 1.54) is 6.33 Å². The predicted molar refractivity (Wildman–Crippen MR) is 61.1 cm³/mol. The number of H-pyrrole nitrogens is 1. The normalized spacial score (nSPS) is 12.9. The fourth-order valence-corrected chi connectivity index (χ4v) is 1.55. The molecule has 3 N–H and O–H groups in total. The second kappa shape index (κ2) is 4.89. The van der Waals surface area contributed by atoms with Gasteiger partial charge in [0.2, 0.25) is 0 Å². The summed E-state index contributed by atoms with van der Waals surface area (Å²) in [6.45, 7) is 2.53. The Morgan fingerprint density at radius 2 is 2.31 bits per heavy atom. The summed E-state index contributed by atoms with van der Waals surface area (Å²) >= 11 is 0. The van der Waals surface area contributed by atoms with E-state index in [1.807, 2.05) is 6.92 Å². The molecule has 6 nitrogen and oxygen atoms in total. The van der Waals surface area contributed by atoms with Crippen LogP contribution < -0.4 is 5.32 Å².